The molecule has 2 aromatic carbocycles. The second-order valence-electron chi connectivity index (χ2n) is 4.62. The Morgan fingerprint density at radius 3 is 2.27 bits per heavy atom. The third kappa shape index (κ3) is 3.74. The average molecular weight is 363 g/mol. The number of Topliss-reactive ketones (excluding diaryl/α,β-unsaturated/α-hetero) is 1. The molecule has 0 saturated heterocycles. The predicted molar refractivity (Wildman–Crippen MR) is 86.3 cm³/mol. The number of carbonyl (C=O) groups excluding carboxylic acids is 2. The average Bonchev–Trinajstić information content (AvgIpc) is 2.54. The van der Waals surface area contributed by atoms with Crippen molar-refractivity contribution >= 4 is 27.7 Å². The van der Waals surface area contributed by atoms with Crippen LogP contribution < -0.4 is 4.74 Å². The van der Waals surface area contributed by atoms with E-state index in [-0.39, 0.29) is 5.78 Å². The molecule has 0 bridgehead atoms. The zero-order valence-electron chi connectivity index (χ0n) is 12.2. The summed E-state index contributed by atoms with van der Waals surface area (Å²) in [4.78, 5) is 24.4. The third-order valence-corrected chi connectivity index (χ3v) is 3.81. The number of ketones is 1. The van der Waals surface area contributed by atoms with E-state index in [1.807, 2.05) is 0 Å². The third-order valence-electron chi connectivity index (χ3n) is 3.12. The Hall–Kier alpha value is -2.14. The number of hydrogen-bond donors (Lipinski definition) is 0. The minimum Gasteiger partial charge on any atom is -0.497 e. The van der Waals surface area contributed by atoms with Crippen LogP contribution in [0, 0.1) is 0 Å². The molecular formula is C17H15BrO4. The molecule has 0 aliphatic rings. The van der Waals surface area contributed by atoms with E-state index in [1.54, 1.807) is 62.6 Å². The van der Waals surface area contributed by atoms with Gasteiger partial charge in [-0.2, -0.15) is 0 Å². The van der Waals surface area contributed by atoms with E-state index < -0.39 is 12.1 Å². The number of methoxy groups -OCH3 is 1. The molecule has 1 atom stereocenters. The van der Waals surface area contributed by atoms with E-state index in [4.69, 9.17) is 9.47 Å². The minimum atomic E-state index is -0.868. The minimum absolute atomic E-state index is 0.261. The lowest BCUT2D eigenvalue weighted by molar-refractivity contribution is 0.0318. The van der Waals surface area contributed by atoms with Gasteiger partial charge in [-0.3, -0.25) is 4.79 Å². The molecule has 0 aliphatic carbocycles. The first-order chi connectivity index (χ1) is 10.5. The maximum Gasteiger partial charge on any atom is 0.339 e. The van der Waals surface area contributed by atoms with Gasteiger partial charge in [0.15, 0.2) is 6.10 Å². The first-order valence-electron chi connectivity index (χ1n) is 6.66. The number of halogens is 1. The summed E-state index contributed by atoms with van der Waals surface area (Å²) >= 11 is 3.28. The smallest absolute Gasteiger partial charge is 0.339 e. The summed E-state index contributed by atoms with van der Waals surface area (Å²) in [6.45, 7) is 1.56. The molecule has 0 aliphatic heterocycles. The van der Waals surface area contributed by atoms with Crippen molar-refractivity contribution in [2.24, 2.45) is 0 Å². The van der Waals surface area contributed by atoms with Crippen LogP contribution >= 0.6 is 15.9 Å². The molecule has 0 unspecified atom stereocenters. The van der Waals surface area contributed by atoms with Crippen LogP contribution in [0.3, 0.4) is 0 Å². The first kappa shape index (κ1) is 16.2. The molecule has 4 nitrogen and oxygen atoms in total. The second kappa shape index (κ2) is 7.22. The Labute approximate surface area is 137 Å². The van der Waals surface area contributed by atoms with Gasteiger partial charge in [-0.05, 0) is 59.3 Å². The van der Waals surface area contributed by atoms with Crippen molar-refractivity contribution in [1.82, 2.24) is 0 Å². The van der Waals surface area contributed by atoms with E-state index >= 15 is 0 Å². The normalized spacial score (nSPS) is 11.6. The van der Waals surface area contributed by atoms with Gasteiger partial charge in [0.25, 0.3) is 0 Å². The Bertz CT molecular complexity index is 679. The van der Waals surface area contributed by atoms with Crippen LogP contribution in [-0.2, 0) is 4.74 Å². The molecule has 0 aromatic heterocycles. The fraction of sp³-hybridized carbons (Fsp3) is 0.176. The van der Waals surface area contributed by atoms with Crippen molar-refractivity contribution in [3.8, 4) is 5.75 Å². The quantitative estimate of drug-likeness (QED) is 0.598. The van der Waals surface area contributed by atoms with Gasteiger partial charge < -0.3 is 9.47 Å². The highest BCUT2D eigenvalue weighted by Crippen LogP contribution is 2.19. The lowest BCUT2D eigenvalue weighted by Gasteiger charge is -2.13. The summed E-state index contributed by atoms with van der Waals surface area (Å²) < 4.78 is 10.9. The van der Waals surface area contributed by atoms with Gasteiger partial charge in [-0.1, -0.05) is 12.1 Å². The fourth-order valence-electron chi connectivity index (χ4n) is 1.89. The standard InChI is InChI=1S/C17H15BrO4/c1-11(16(19)12-7-9-13(21-2)10-8-12)22-17(20)14-5-3-4-6-15(14)18/h3-11H,1-2H3/t11-/m1/s1. The largest absolute Gasteiger partial charge is 0.497 e. The predicted octanol–water partition coefficient (Wildman–Crippen LogP) is 3.89. The molecule has 2 aromatic rings. The number of carbonyl (C=O) groups is 2. The van der Waals surface area contributed by atoms with Crippen LogP contribution in [0.5, 0.6) is 5.75 Å². The zero-order valence-corrected chi connectivity index (χ0v) is 13.8. The van der Waals surface area contributed by atoms with Gasteiger partial charge in [0, 0.05) is 10.0 Å². The highest BCUT2D eigenvalue weighted by atomic mass is 79.9. The van der Waals surface area contributed by atoms with Crippen molar-refractivity contribution < 1.29 is 19.1 Å². The summed E-state index contributed by atoms with van der Waals surface area (Å²) in [6.07, 6.45) is -0.868. The van der Waals surface area contributed by atoms with Crippen molar-refractivity contribution in [2.75, 3.05) is 7.11 Å². The monoisotopic (exact) mass is 362 g/mol. The number of ether oxygens (including phenoxy) is 2. The van der Waals surface area contributed by atoms with E-state index in [0.717, 1.165) is 0 Å². The molecule has 0 N–H and O–H groups in total. The highest BCUT2D eigenvalue weighted by molar-refractivity contribution is 9.10. The van der Waals surface area contributed by atoms with Crippen LogP contribution in [-0.4, -0.2) is 25.0 Å². The number of hydrogen-bond acceptors (Lipinski definition) is 4. The Balaban J connectivity index is 2.07. The first-order valence-corrected chi connectivity index (χ1v) is 7.46. The molecular weight excluding hydrogens is 348 g/mol. The molecule has 22 heavy (non-hydrogen) atoms. The molecule has 0 saturated carbocycles. The van der Waals surface area contributed by atoms with Crippen molar-refractivity contribution in [2.45, 2.75) is 13.0 Å². The summed E-state index contributed by atoms with van der Waals surface area (Å²) in [5.74, 6) is -0.140. The maximum absolute atomic E-state index is 12.3. The summed E-state index contributed by atoms with van der Waals surface area (Å²) in [7, 11) is 1.55. The maximum atomic E-state index is 12.3. The van der Waals surface area contributed by atoms with Gasteiger partial charge in [0.1, 0.15) is 5.75 Å². The van der Waals surface area contributed by atoms with Gasteiger partial charge in [0.05, 0.1) is 12.7 Å². The molecule has 0 amide bonds. The molecule has 5 heteroatoms. The van der Waals surface area contributed by atoms with Crippen molar-refractivity contribution in [3.05, 3.63) is 64.1 Å². The Kier molecular flexibility index (Phi) is 5.33. The Morgan fingerprint density at radius 1 is 1.05 bits per heavy atom. The molecule has 0 spiro atoms. The van der Waals surface area contributed by atoms with Crippen LogP contribution in [0.2, 0.25) is 0 Å². The number of esters is 1. The van der Waals surface area contributed by atoms with E-state index in [1.165, 1.54) is 0 Å². The van der Waals surface area contributed by atoms with Crippen LogP contribution in [0.4, 0.5) is 0 Å². The summed E-state index contributed by atoms with van der Waals surface area (Å²) in [6, 6.07) is 13.6. The van der Waals surface area contributed by atoms with Crippen LogP contribution in [0.1, 0.15) is 27.6 Å². The van der Waals surface area contributed by atoms with Crippen molar-refractivity contribution in [1.29, 1.82) is 0 Å². The lowest BCUT2D eigenvalue weighted by atomic mass is 10.1. The van der Waals surface area contributed by atoms with E-state index in [0.29, 0.717) is 21.3 Å². The van der Waals surface area contributed by atoms with Crippen LogP contribution in [0.15, 0.2) is 53.0 Å². The van der Waals surface area contributed by atoms with E-state index in [9.17, 15) is 9.59 Å². The molecule has 0 fully saturated rings. The molecule has 2 rings (SSSR count). The van der Waals surface area contributed by atoms with Crippen LogP contribution in [0.25, 0.3) is 0 Å². The molecule has 0 heterocycles. The van der Waals surface area contributed by atoms with Gasteiger partial charge >= 0.3 is 5.97 Å². The SMILES string of the molecule is COc1ccc(C(=O)[C@@H](C)OC(=O)c2ccccc2Br)cc1. The van der Waals surface area contributed by atoms with Crippen molar-refractivity contribution in [3.63, 3.8) is 0 Å². The zero-order chi connectivity index (χ0) is 16.1. The number of benzene rings is 2. The molecule has 0 radical (unpaired) electrons. The Morgan fingerprint density at radius 2 is 1.68 bits per heavy atom. The summed E-state index contributed by atoms with van der Waals surface area (Å²) in [5.41, 5.74) is 0.852. The number of rotatable bonds is 5. The molecule has 114 valence electrons. The highest BCUT2D eigenvalue weighted by Gasteiger charge is 2.21. The van der Waals surface area contributed by atoms with Gasteiger partial charge in [0.2, 0.25) is 5.78 Å². The lowest BCUT2D eigenvalue weighted by Crippen LogP contribution is -2.24. The second-order valence-corrected chi connectivity index (χ2v) is 5.47. The topological polar surface area (TPSA) is 52.6 Å². The fourth-order valence-corrected chi connectivity index (χ4v) is 2.34. The van der Waals surface area contributed by atoms with E-state index in [2.05, 4.69) is 15.9 Å². The van der Waals surface area contributed by atoms with Gasteiger partial charge in [-0.15, -0.1) is 0 Å². The summed E-state index contributed by atoms with van der Waals surface area (Å²) in [5, 5.41) is 0. The van der Waals surface area contributed by atoms with Gasteiger partial charge in [-0.25, -0.2) is 4.79 Å².